The van der Waals surface area contributed by atoms with Crippen molar-refractivity contribution >= 4 is 17.6 Å². The Morgan fingerprint density at radius 3 is 2.55 bits per heavy atom. The van der Waals surface area contributed by atoms with Crippen LogP contribution in [0.2, 0.25) is 0 Å². The third-order valence-electron chi connectivity index (χ3n) is 4.02. The Hall–Kier alpha value is -3.13. The fourth-order valence-corrected chi connectivity index (χ4v) is 2.88. The summed E-state index contributed by atoms with van der Waals surface area (Å²) in [6.07, 6.45) is -0.574. The van der Waals surface area contributed by atoms with Crippen LogP contribution in [0.3, 0.4) is 0 Å². The van der Waals surface area contributed by atoms with Crippen LogP contribution >= 0.6 is 0 Å². The summed E-state index contributed by atoms with van der Waals surface area (Å²) < 4.78 is 34.4. The first-order valence-electron chi connectivity index (χ1n) is 8.96. The van der Waals surface area contributed by atoms with Crippen LogP contribution in [-0.4, -0.2) is 39.3 Å². The van der Waals surface area contributed by atoms with Gasteiger partial charge in [-0.15, -0.1) is 0 Å². The van der Waals surface area contributed by atoms with Crippen LogP contribution in [0.4, 0.5) is 10.1 Å². The van der Waals surface area contributed by atoms with Gasteiger partial charge in [0.25, 0.3) is 0 Å². The molecule has 0 aliphatic carbocycles. The Balaban J connectivity index is 0.000000438. The molecule has 0 saturated carbocycles. The van der Waals surface area contributed by atoms with Gasteiger partial charge in [0.1, 0.15) is 18.5 Å². The molecule has 1 atom stereocenters. The number of anilines is 1. The lowest BCUT2D eigenvalue weighted by Gasteiger charge is -2.21. The molecule has 1 heterocycles. The van der Waals surface area contributed by atoms with Crippen molar-refractivity contribution in [2.45, 2.75) is 20.0 Å². The van der Waals surface area contributed by atoms with Gasteiger partial charge in [-0.05, 0) is 25.1 Å². The molecule has 1 aliphatic heterocycles. The first-order valence-corrected chi connectivity index (χ1v) is 8.96. The molecule has 0 bridgehead atoms. The van der Waals surface area contributed by atoms with Gasteiger partial charge in [-0.1, -0.05) is 18.2 Å². The molecular weight excluding hydrogens is 381 g/mol. The highest BCUT2D eigenvalue weighted by molar-refractivity contribution is 5.93. The average molecular weight is 405 g/mol. The fraction of sp³-hybridized carbons (Fsp3) is 0.333. The van der Waals surface area contributed by atoms with E-state index in [1.54, 1.807) is 26.2 Å². The standard InChI is InChI=1S/C17H16FNO4.C4H8O2/c1-21-14-5-3-4-12(17(14)22-2)16-11-7-6-10(18)8-13(11)19-15(20)9-23-16;1-3-6-4(2)5/h3-8,16H,9H2,1-2H3,(H,19,20);3H2,1-2H3/t16-;/m0./s1. The van der Waals surface area contributed by atoms with Crippen LogP contribution in [-0.2, 0) is 19.1 Å². The molecule has 1 N–H and O–H groups in total. The molecular formula is C21H24FNO6. The van der Waals surface area contributed by atoms with E-state index in [9.17, 15) is 14.0 Å². The summed E-state index contributed by atoms with van der Waals surface area (Å²) in [5.41, 5.74) is 1.75. The minimum Gasteiger partial charge on any atom is -0.493 e. The molecule has 7 nitrogen and oxygen atoms in total. The lowest BCUT2D eigenvalue weighted by molar-refractivity contribution is -0.140. The van der Waals surface area contributed by atoms with Crippen molar-refractivity contribution in [3.63, 3.8) is 0 Å². The predicted octanol–water partition coefficient (Wildman–Crippen LogP) is 3.47. The van der Waals surface area contributed by atoms with Gasteiger partial charge < -0.3 is 24.3 Å². The molecule has 29 heavy (non-hydrogen) atoms. The Kier molecular flexibility index (Phi) is 7.97. The van der Waals surface area contributed by atoms with Gasteiger partial charge >= 0.3 is 5.97 Å². The van der Waals surface area contributed by atoms with Crippen molar-refractivity contribution < 1.29 is 32.9 Å². The van der Waals surface area contributed by atoms with Crippen LogP contribution in [0.15, 0.2) is 36.4 Å². The topological polar surface area (TPSA) is 83.1 Å². The van der Waals surface area contributed by atoms with E-state index in [2.05, 4.69) is 10.1 Å². The highest BCUT2D eigenvalue weighted by atomic mass is 19.1. The van der Waals surface area contributed by atoms with Crippen molar-refractivity contribution in [2.24, 2.45) is 0 Å². The maximum atomic E-state index is 13.5. The molecule has 8 heteroatoms. The molecule has 3 rings (SSSR count). The monoisotopic (exact) mass is 405 g/mol. The van der Waals surface area contributed by atoms with E-state index < -0.39 is 11.9 Å². The second-order valence-corrected chi connectivity index (χ2v) is 5.98. The number of benzene rings is 2. The second-order valence-electron chi connectivity index (χ2n) is 5.98. The summed E-state index contributed by atoms with van der Waals surface area (Å²) in [4.78, 5) is 21.6. The van der Waals surface area contributed by atoms with Crippen molar-refractivity contribution in [1.82, 2.24) is 0 Å². The largest absolute Gasteiger partial charge is 0.493 e. The first-order chi connectivity index (χ1) is 13.9. The number of methoxy groups -OCH3 is 2. The van der Waals surface area contributed by atoms with Crippen molar-refractivity contribution in [1.29, 1.82) is 0 Å². The smallest absolute Gasteiger partial charge is 0.302 e. The van der Waals surface area contributed by atoms with E-state index in [4.69, 9.17) is 14.2 Å². The maximum Gasteiger partial charge on any atom is 0.302 e. The van der Waals surface area contributed by atoms with Crippen molar-refractivity contribution in [2.75, 3.05) is 32.8 Å². The molecule has 0 aromatic heterocycles. The minimum absolute atomic E-state index is 0.138. The number of hydrogen-bond donors (Lipinski definition) is 1. The van der Waals surface area contributed by atoms with Gasteiger partial charge in [0.2, 0.25) is 5.91 Å². The zero-order valence-corrected chi connectivity index (χ0v) is 16.8. The molecule has 156 valence electrons. The first kappa shape index (κ1) is 22.2. The number of ether oxygens (including phenoxy) is 4. The van der Waals surface area contributed by atoms with E-state index in [0.717, 1.165) is 0 Å². The van der Waals surface area contributed by atoms with Crippen LogP contribution < -0.4 is 14.8 Å². The number of halogens is 1. The van der Waals surface area contributed by atoms with Gasteiger partial charge in [-0.25, -0.2) is 4.39 Å². The Morgan fingerprint density at radius 2 is 1.97 bits per heavy atom. The number of fused-ring (bicyclic) bond motifs is 1. The molecule has 0 spiro atoms. The van der Waals surface area contributed by atoms with Crippen molar-refractivity contribution in [3.05, 3.63) is 53.3 Å². The Morgan fingerprint density at radius 1 is 1.21 bits per heavy atom. The quantitative estimate of drug-likeness (QED) is 0.785. The summed E-state index contributed by atoms with van der Waals surface area (Å²) in [7, 11) is 3.08. The number of nitrogens with one attached hydrogen (secondary N) is 1. The number of carbonyl (C=O) groups excluding carboxylic acids is 2. The number of amides is 1. The molecule has 2 aromatic carbocycles. The Bertz CT molecular complexity index is 870. The highest BCUT2D eigenvalue weighted by Gasteiger charge is 2.28. The summed E-state index contributed by atoms with van der Waals surface area (Å²) in [5.74, 6) is 0.103. The second kappa shape index (κ2) is 10.4. The maximum absolute atomic E-state index is 13.5. The average Bonchev–Trinajstić information content (AvgIpc) is 2.85. The van der Waals surface area contributed by atoms with Gasteiger partial charge in [0, 0.05) is 23.7 Å². The van der Waals surface area contributed by atoms with Gasteiger partial charge in [-0.3, -0.25) is 9.59 Å². The molecule has 0 saturated heterocycles. The predicted molar refractivity (Wildman–Crippen MR) is 105 cm³/mol. The number of para-hydroxylation sites is 1. The molecule has 0 unspecified atom stereocenters. The van der Waals surface area contributed by atoms with Crippen LogP contribution in [0.5, 0.6) is 11.5 Å². The summed E-state index contributed by atoms with van der Waals surface area (Å²) in [5, 5.41) is 2.65. The van der Waals surface area contributed by atoms with Crippen LogP contribution in [0.25, 0.3) is 0 Å². The number of carbonyl (C=O) groups is 2. The summed E-state index contributed by atoms with van der Waals surface area (Å²) in [6.45, 7) is 3.52. The number of rotatable bonds is 4. The summed E-state index contributed by atoms with van der Waals surface area (Å²) >= 11 is 0. The van der Waals surface area contributed by atoms with Gasteiger partial charge in [-0.2, -0.15) is 0 Å². The zero-order valence-electron chi connectivity index (χ0n) is 16.8. The van der Waals surface area contributed by atoms with E-state index in [1.165, 1.54) is 26.2 Å². The molecule has 2 aromatic rings. The number of hydrogen-bond acceptors (Lipinski definition) is 6. The SMILES string of the molecule is CCOC(C)=O.COc1cccc([C@H]2OCC(=O)Nc3cc(F)ccc32)c1OC. The normalized spacial score (nSPS) is 15.1. The van der Waals surface area contributed by atoms with Gasteiger partial charge in [0.05, 0.1) is 20.8 Å². The van der Waals surface area contributed by atoms with Crippen LogP contribution in [0.1, 0.15) is 31.1 Å². The van der Waals surface area contributed by atoms with Gasteiger partial charge in [0.15, 0.2) is 11.5 Å². The molecule has 1 amide bonds. The Labute approximate surface area is 168 Å². The zero-order chi connectivity index (χ0) is 21.4. The van der Waals surface area contributed by atoms with E-state index in [1.807, 2.05) is 12.1 Å². The van der Waals surface area contributed by atoms with E-state index >= 15 is 0 Å². The van der Waals surface area contributed by atoms with Crippen molar-refractivity contribution in [3.8, 4) is 11.5 Å². The minimum atomic E-state index is -0.574. The van der Waals surface area contributed by atoms with E-state index in [-0.39, 0.29) is 18.5 Å². The lowest BCUT2D eigenvalue weighted by atomic mass is 9.98. The summed E-state index contributed by atoms with van der Waals surface area (Å²) in [6, 6.07) is 9.62. The molecule has 1 aliphatic rings. The highest BCUT2D eigenvalue weighted by Crippen LogP contribution is 2.41. The number of esters is 1. The lowest BCUT2D eigenvalue weighted by Crippen LogP contribution is -2.15. The molecule has 0 fully saturated rings. The van der Waals surface area contributed by atoms with E-state index in [0.29, 0.717) is 34.9 Å². The molecule has 0 radical (unpaired) electrons. The third kappa shape index (κ3) is 5.68. The van der Waals surface area contributed by atoms with Crippen LogP contribution in [0, 0.1) is 5.82 Å². The third-order valence-corrected chi connectivity index (χ3v) is 4.02. The fourth-order valence-electron chi connectivity index (χ4n) is 2.88.